The number of unbranched alkanes of at least 4 members (excludes halogenated alkanes) is 19. The monoisotopic (exact) mass is 716 g/mol. The number of nitrogens with one attached hydrogen (secondary N) is 1. The summed E-state index contributed by atoms with van der Waals surface area (Å²) < 4.78 is 53.5. The Bertz CT molecular complexity index is 766. The second kappa shape index (κ2) is 28.0. The lowest BCUT2D eigenvalue weighted by molar-refractivity contribution is -0.303. The van der Waals surface area contributed by atoms with Crippen LogP contribution in [0.2, 0.25) is 0 Å². The van der Waals surface area contributed by atoms with Gasteiger partial charge in [0.05, 0.1) is 31.5 Å². The summed E-state index contributed by atoms with van der Waals surface area (Å²) in [5, 5.41) is 64.4. The van der Waals surface area contributed by atoms with Crippen molar-refractivity contribution in [1.29, 1.82) is 0 Å². The van der Waals surface area contributed by atoms with Crippen LogP contribution in [0, 0.1) is 0 Å². The Hall–Kier alpha value is -0.570. The summed E-state index contributed by atoms with van der Waals surface area (Å²) in [6.07, 6.45) is 6.55. The lowest BCUT2D eigenvalue weighted by Crippen LogP contribution is -2.61. The molecule has 294 valence electrons. The summed E-state index contributed by atoms with van der Waals surface area (Å²) in [6.45, 7) is 3.07. The zero-order valence-corrected chi connectivity index (χ0v) is 30.5. The molecule has 12 heteroatoms. The van der Waals surface area contributed by atoms with Gasteiger partial charge in [-0.05, 0) is 12.8 Å². The molecule has 0 saturated carbocycles. The molecule has 0 aromatic heterocycles. The zero-order valence-electron chi connectivity index (χ0n) is 30.5. The van der Waals surface area contributed by atoms with Crippen molar-refractivity contribution in [2.75, 3.05) is 13.2 Å². The minimum absolute atomic E-state index is 0.200. The first kappa shape index (κ1) is 46.5. The number of rotatable bonds is 31. The van der Waals surface area contributed by atoms with Gasteiger partial charge < -0.3 is 40.1 Å². The maximum Gasteiger partial charge on any atom is 0.403 e. The Kier molecular flexibility index (Phi) is 26.5. The van der Waals surface area contributed by atoms with Crippen LogP contribution < -0.4 is 5.32 Å². The van der Waals surface area contributed by atoms with Gasteiger partial charge in [0.25, 0.3) is 0 Å². The van der Waals surface area contributed by atoms with Gasteiger partial charge in [-0.15, -0.1) is 0 Å². The molecule has 0 radical (unpaired) electrons. The van der Waals surface area contributed by atoms with E-state index in [1.165, 1.54) is 57.8 Å². The largest absolute Gasteiger partial charge is 0.403 e. The highest BCUT2D eigenvalue weighted by molar-refractivity contribution is 4.91. The molecule has 9 nitrogen and oxygen atoms in total. The first-order chi connectivity index (χ1) is 23.5. The van der Waals surface area contributed by atoms with Gasteiger partial charge in [-0.2, -0.15) is 13.2 Å². The molecular weight excluding hydrogens is 643 g/mol. The first-order valence-electron chi connectivity index (χ1n) is 19.6. The molecule has 1 rings (SSSR count). The summed E-state index contributed by atoms with van der Waals surface area (Å²) in [5.74, 6) is 0. The van der Waals surface area contributed by atoms with Crippen molar-refractivity contribution in [2.24, 2.45) is 0 Å². The molecule has 1 aliphatic heterocycles. The van der Waals surface area contributed by atoms with Gasteiger partial charge in [0.1, 0.15) is 30.5 Å². The summed E-state index contributed by atoms with van der Waals surface area (Å²) in [4.78, 5) is 0. The first-order valence-corrected chi connectivity index (χ1v) is 19.6. The van der Waals surface area contributed by atoms with Crippen LogP contribution in [0.5, 0.6) is 0 Å². The van der Waals surface area contributed by atoms with Crippen LogP contribution >= 0.6 is 0 Å². The summed E-state index contributed by atoms with van der Waals surface area (Å²) in [7, 11) is 0. The smallest absolute Gasteiger partial charge is 0.394 e. The zero-order chi connectivity index (χ0) is 36.5. The van der Waals surface area contributed by atoms with Crippen molar-refractivity contribution in [1.82, 2.24) is 5.32 Å². The molecule has 1 fully saturated rings. The Morgan fingerprint density at radius 2 is 1.06 bits per heavy atom. The summed E-state index contributed by atoms with van der Waals surface area (Å²) >= 11 is 0. The SMILES string of the molecule is CCCCCCCCCCCCCCC(O)[C@@H](O)[C@H](COC1OC(CO)C(O)C(O)C1O)N[C@@H](CCCCCCCCCCC)C(F)(F)F. The number of ether oxygens (including phenoxy) is 2. The van der Waals surface area contributed by atoms with Crippen LogP contribution in [0.15, 0.2) is 0 Å². The molecule has 0 aromatic carbocycles. The average Bonchev–Trinajstić information content (AvgIpc) is 3.07. The van der Waals surface area contributed by atoms with Gasteiger partial charge >= 0.3 is 6.18 Å². The average molecular weight is 716 g/mol. The van der Waals surface area contributed by atoms with Crippen molar-refractivity contribution in [3.05, 3.63) is 0 Å². The van der Waals surface area contributed by atoms with Gasteiger partial charge in [-0.1, -0.05) is 149 Å². The van der Waals surface area contributed by atoms with Crippen LogP contribution in [-0.4, -0.2) is 105 Å². The third-order valence-electron chi connectivity index (χ3n) is 9.86. The minimum Gasteiger partial charge on any atom is -0.394 e. The van der Waals surface area contributed by atoms with Crippen LogP contribution in [0.25, 0.3) is 0 Å². The molecule has 9 atom stereocenters. The molecule has 0 amide bonds. The molecule has 0 spiro atoms. The van der Waals surface area contributed by atoms with Crippen molar-refractivity contribution in [3.8, 4) is 0 Å². The Morgan fingerprint density at radius 1 is 0.633 bits per heavy atom. The molecule has 1 saturated heterocycles. The number of alkyl halides is 3. The van der Waals surface area contributed by atoms with Crippen LogP contribution in [0.4, 0.5) is 13.2 Å². The molecule has 0 bridgehead atoms. The van der Waals surface area contributed by atoms with Crippen molar-refractivity contribution in [3.63, 3.8) is 0 Å². The fraction of sp³-hybridized carbons (Fsp3) is 1.00. The fourth-order valence-electron chi connectivity index (χ4n) is 6.54. The van der Waals surface area contributed by atoms with Crippen molar-refractivity contribution < 1.29 is 53.3 Å². The van der Waals surface area contributed by atoms with E-state index in [1.807, 2.05) is 0 Å². The predicted octanol–water partition coefficient (Wildman–Crippen LogP) is 6.43. The van der Waals surface area contributed by atoms with E-state index in [9.17, 15) is 43.8 Å². The van der Waals surface area contributed by atoms with Gasteiger partial charge in [0.15, 0.2) is 6.29 Å². The lowest BCUT2D eigenvalue weighted by atomic mass is 9.97. The molecule has 7 N–H and O–H groups in total. The minimum atomic E-state index is -4.62. The molecule has 49 heavy (non-hydrogen) atoms. The van der Waals surface area contributed by atoms with Crippen molar-refractivity contribution >= 4 is 0 Å². The van der Waals surface area contributed by atoms with Crippen LogP contribution in [0.1, 0.15) is 162 Å². The molecule has 6 unspecified atom stereocenters. The van der Waals surface area contributed by atoms with Crippen molar-refractivity contribution in [2.45, 2.75) is 223 Å². The standard InChI is InChI=1S/C37H72F3NO8/c1-3-5-7-9-11-13-14-15-17-18-20-22-24-29(43)32(44)28(27-48-36-35(47)34(46)33(45)30(26-42)49-36)41-31(37(38,39)40)25-23-21-19-16-12-10-8-6-4-2/h28-36,41-47H,3-27H2,1-2H3/t28-,29?,30?,31-,32-,33?,34?,35?,36?/m0/s1. The predicted molar refractivity (Wildman–Crippen MR) is 186 cm³/mol. The second-order valence-corrected chi connectivity index (χ2v) is 14.3. The maximum absolute atomic E-state index is 14.2. The number of hydrogen-bond donors (Lipinski definition) is 7. The fourth-order valence-corrected chi connectivity index (χ4v) is 6.54. The highest BCUT2D eigenvalue weighted by Crippen LogP contribution is 2.27. The van der Waals surface area contributed by atoms with E-state index in [0.717, 1.165) is 57.8 Å². The van der Waals surface area contributed by atoms with Gasteiger partial charge in [0, 0.05) is 0 Å². The van der Waals surface area contributed by atoms with E-state index < -0.39 is 74.4 Å². The second-order valence-electron chi connectivity index (χ2n) is 14.3. The Morgan fingerprint density at radius 3 is 1.49 bits per heavy atom. The van der Waals surface area contributed by atoms with E-state index in [0.29, 0.717) is 19.3 Å². The van der Waals surface area contributed by atoms with E-state index in [4.69, 9.17) is 9.47 Å². The molecule has 1 aliphatic rings. The van der Waals surface area contributed by atoms with E-state index in [2.05, 4.69) is 19.2 Å². The van der Waals surface area contributed by atoms with E-state index in [1.54, 1.807) is 0 Å². The normalized spacial score (nSPS) is 24.2. The van der Waals surface area contributed by atoms with Crippen LogP contribution in [-0.2, 0) is 9.47 Å². The topological polar surface area (TPSA) is 152 Å². The molecule has 0 aromatic rings. The number of hydrogen-bond acceptors (Lipinski definition) is 9. The third-order valence-corrected chi connectivity index (χ3v) is 9.86. The quantitative estimate of drug-likeness (QED) is 0.0403. The lowest BCUT2D eigenvalue weighted by Gasteiger charge is -2.40. The highest BCUT2D eigenvalue weighted by Gasteiger charge is 2.46. The number of aliphatic hydroxyl groups is 6. The highest BCUT2D eigenvalue weighted by atomic mass is 19.4. The maximum atomic E-state index is 14.2. The third kappa shape index (κ3) is 20.3. The Balaban J connectivity index is 2.71. The van der Waals surface area contributed by atoms with Gasteiger partial charge in [0.2, 0.25) is 0 Å². The summed E-state index contributed by atoms with van der Waals surface area (Å²) in [6, 6.07) is -3.35. The molecular formula is C37H72F3NO8. The molecule has 0 aliphatic carbocycles. The van der Waals surface area contributed by atoms with E-state index >= 15 is 0 Å². The van der Waals surface area contributed by atoms with Crippen LogP contribution in [0.3, 0.4) is 0 Å². The van der Waals surface area contributed by atoms with Gasteiger partial charge in [-0.25, -0.2) is 0 Å². The number of aliphatic hydroxyl groups excluding tert-OH is 6. The summed E-state index contributed by atoms with van der Waals surface area (Å²) in [5.41, 5.74) is 0. The Labute approximate surface area is 294 Å². The number of halogens is 3. The molecule has 1 heterocycles. The van der Waals surface area contributed by atoms with Gasteiger partial charge in [-0.3, -0.25) is 5.32 Å². The van der Waals surface area contributed by atoms with E-state index in [-0.39, 0.29) is 12.8 Å².